The Kier molecular flexibility index (Phi) is 4.48. The third-order valence-electron chi connectivity index (χ3n) is 7.22. The van der Waals surface area contributed by atoms with Gasteiger partial charge in [0.05, 0.1) is 0 Å². The highest BCUT2D eigenvalue weighted by molar-refractivity contribution is 5.19. The summed E-state index contributed by atoms with van der Waals surface area (Å²) < 4.78 is 0. The Bertz CT molecular complexity index is 471. The fourth-order valence-corrected chi connectivity index (χ4v) is 6.40. The summed E-state index contributed by atoms with van der Waals surface area (Å²) in [6, 6.07) is 4.26. The van der Waals surface area contributed by atoms with Crippen LogP contribution in [0.1, 0.15) is 76.7 Å². The minimum Gasteiger partial charge on any atom is -0.265 e. The van der Waals surface area contributed by atoms with E-state index in [0.717, 1.165) is 29.1 Å². The molecule has 4 aliphatic carbocycles. The zero-order valence-corrected chi connectivity index (χ0v) is 14.7. The van der Waals surface area contributed by atoms with Gasteiger partial charge in [0.1, 0.15) is 0 Å². The van der Waals surface area contributed by atoms with Crippen LogP contribution in [0.2, 0.25) is 0 Å². The van der Waals surface area contributed by atoms with E-state index in [2.05, 4.69) is 30.5 Å². The van der Waals surface area contributed by atoms with Crippen molar-refractivity contribution in [2.45, 2.75) is 71.1 Å². The Morgan fingerprint density at radius 3 is 2.26 bits per heavy atom. The van der Waals surface area contributed by atoms with Crippen LogP contribution >= 0.6 is 0 Å². The van der Waals surface area contributed by atoms with Crippen molar-refractivity contribution in [3.63, 3.8) is 0 Å². The molecule has 1 aromatic heterocycles. The van der Waals surface area contributed by atoms with Gasteiger partial charge >= 0.3 is 0 Å². The number of pyridine rings is 1. The van der Waals surface area contributed by atoms with Gasteiger partial charge in [-0.05, 0) is 111 Å². The number of rotatable bonds is 7. The predicted octanol–water partition coefficient (Wildman–Crippen LogP) is 6.05. The van der Waals surface area contributed by atoms with E-state index in [0.29, 0.717) is 0 Å². The molecule has 1 atom stereocenters. The van der Waals surface area contributed by atoms with E-state index >= 15 is 0 Å². The Labute approximate surface area is 142 Å². The van der Waals surface area contributed by atoms with Gasteiger partial charge in [-0.15, -0.1) is 0 Å². The van der Waals surface area contributed by atoms with Crippen molar-refractivity contribution >= 4 is 0 Å². The van der Waals surface area contributed by atoms with E-state index in [1.807, 2.05) is 12.4 Å². The van der Waals surface area contributed by atoms with Gasteiger partial charge in [-0.2, -0.15) is 0 Å². The maximum atomic E-state index is 4.12. The quantitative estimate of drug-likeness (QED) is 0.597. The molecule has 5 rings (SSSR count). The summed E-state index contributed by atoms with van der Waals surface area (Å²) in [6.07, 6.45) is 21.2. The van der Waals surface area contributed by atoms with Crippen molar-refractivity contribution in [2.75, 3.05) is 0 Å². The molecule has 4 saturated carbocycles. The summed E-state index contributed by atoms with van der Waals surface area (Å²) in [5.41, 5.74) is 2.10. The fraction of sp³-hybridized carbons (Fsp3) is 0.727. The van der Waals surface area contributed by atoms with Gasteiger partial charge in [0.15, 0.2) is 0 Å². The van der Waals surface area contributed by atoms with E-state index < -0.39 is 0 Å². The second-order valence-electron chi connectivity index (χ2n) is 8.95. The third-order valence-corrected chi connectivity index (χ3v) is 7.22. The molecule has 0 aliphatic heterocycles. The molecule has 0 spiro atoms. The van der Waals surface area contributed by atoms with Gasteiger partial charge in [-0.1, -0.05) is 13.3 Å². The Morgan fingerprint density at radius 2 is 1.70 bits per heavy atom. The first-order valence-corrected chi connectivity index (χ1v) is 9.98. The number of nitrogens with zero attached hydrogens (tertiary/aromatic N) is 1. The van der Waals surface area contributed by atoms with E-state index in [9.17, 15) is 0 Å². The molecular weight excluding hydrogens is 278 g/mol. The molecule has 125 valence electrons. The summed E-state index contributed by atoms with van der Waals surface area (Å²) >= 11 is 0. The average molecular weight is 311 g/mol. The standard InChI is InChI=1S/C22H32N/c1-2-17(3-4-18-6-9-23-10-7-18)5-8-22-14-19-11-20(15-22)13-21(12-19)16-22/h4,6-7,9-10,17,19-21H,2-3,5,8,11-16H2,1H3. The highest BCUT2D eigenvalue weighted by Crippen LogP contribution is 2.61. The van der Waals surface area contributed by atoms with E-state index in [4.69, 9.17) is 0 Å². The van der Waals surface area contributed by atoms with Gasteiger partial charge < -0.3 is 0 Å². The van der Waals surface area contributed by atoms with Crippen molar-refractivity contribution in [1.82, 2.24) is 4.98 Å². The van der Waals surface area contributed by atoms with Crippen LogP contribution in [0.15, 0.2) is 24.5 Å². The Hall–Kier alpha value is -0.850. The maximum Gasteiger partial charge on any atom is 0.0270 e. The molecule has 4 aliphatic rings. The minimum atomic E-state index is 0.763. The van der Waals surface area contributed by atoms with Crippen LogP contribution in [0, 0.1) is 35.5 Å². The van der Waals surface area contributed by atoms with Crippen molar-refractivity contribution in [2.24, 2.45) is 29.1 Å². The zero-order chi connectivity index (χ0) is 15.7. The van der Waals surface area contributed by atoms with Crippen molar-refractivity contribution in [3.05, 3.63) is 36.5 Å². The van der Waals surface area contributed by atoms with Crippen LogP contribution in [0.4, 0.5) is 0 Å². The molecule has 1 aromatic rings. The van der Waals surface area contributed by atoms with Crippen molar-refractivity contribution in [3.8, 4) is 0 Å². The van der Waals surface area contributed by atoms with Gasteiger partial charge in [0.2, 0.25) is 0 Å². The highest BCUT2D eigenvalue weighted by Gasteiger charge is 2.50. The van der Waals surface area contributed by atoms with Crippen LogP contribution in [-0.2, 0) is 0 Å². The normalized spacial score (nSPS) is 36.3. The van der Waals surface area contributed by atoms with Crippen LogP contribution in [-0.4, -0.2) is 4.98 Å². The molecule has 0 aromatic carbocycles. The lowest BCUT2D eigenvalue weighted by atomic mass is 9.48. The summed E-state index contributed by atoms with van der Waals surface area (Å²) in [5, 5.41) is 0. The first-order chi connectivity index (χ1) is 11.2. The topological polar surface area (TPSA) is 12.9 Å². The van der Waals surface area contributed by atoms with Crippen LogP contribution in [0.25, 0.3) is 0 Å². The average Bonchev–Trinajstić information content (AvgIpc) is 2.55. The molecule has 1 nitrogen and oxygen atoms in total. The van der Waals surface area contributed by atoms with Crippen LogP contribution in [0.3, 0.4) is 0 Å². The van der Waals surface area contributed by atoms with Gasteiger partial charge in [-0.3, -0.25) is 4.98 Å². The predicted molar refractivity (Wildman–Crippen MR) is 95.9 cm³/mol. The maximum absolute atomic E-state index is 4.12. The molecule has 4 bridgehead atoms. The van der Waals surface area contributed by atoms with Crippen molar-refractivity contribution < 1.29 is 0 Å². The Morgan fingerprint density at radius 1 is 1.09 bits per heavy atom. The minimum absolute atomic E-state index is 0.763. The lowest BCUT2D eigenvalue weighted by Gasteiger charge is -2.57. The van der Waals surface area contributed by atoms with Crippen LogP contribution in [0.5, 0.6) is 0 Å². The lowest BCUT2D eigenvalue weighted by Crippen LogP contribution is -2.46. The van der Waals surface area contributed by atoms with Gasteiger partial charge in [0, 0.05) is 12.4 Å². The molecule has 4 fully saturated rings. The lowest BCUT2D eigenvalue weighted by molar-refractivity contribution is -0.0600. The number of hydrogen-bond acceptors (Lipinski definition) is 1. The molecule has 1 radical (unpaired) electrons. The monoisotopic (exact) mass is 310 g/mol. The second-order valence-corrected chi connectivity index (χ2v) is 8.95. The molecule has 1 heteroatoms. The van der Waals surface area contributed by atoms with Gasteiger partial charge in [-0.25, -0.2) is 0 Å². The van der Waals surface area contributed by atoms with E-state index in [1.54, 1.807) is 38.5 Å². The number of hydrogen-bond donors (Lipinski definition) is 0. The number of aromatic nitrogens is 1. The molecule has 0 N–H and O–H groups in total. The second kappa shape index (κ2) is 6.57. The van der Waals surface area contributed by atoms with E-state index in [-0.39, 0.29) is 0 Å². The highest BCUT2D eigenvalue weighted by atomic mass is 14.6. The fourth-order valence-electron chi connectivity index (χ4n) is 6.40. The summed E-state index contributed by atoms with van der Waals surface area (Å²) in [6.45, 7) is 2.38. The van der Waals surface area contributed by atoms with Crippen molar-refractivity contribution in [1.29, 1.82) is 0 Å². The molecule has 1 unspecified atom stereocenters. The largest absolute Gasteiger partial charge is 0.265 e. The first kappa shape index (κ1) is 15.7. The Balaban J connectivity index is 1.30. The molecular formula is C22H32N. The molecule has 23 heavy (non-hydrogen) atoms. The zero-order valence-electron chi connectivity index (χ0n) is 14.7. The SMILES string of the molecule is CCC(C[CH]c1ccncc1)CCC12CC3CC(CC(C3)C1)C2. The molecule has 1 heterocycles. The summed E-state index contributed by atoms with van der Waals surface area (Å²) in [7, 11) is 0. The summed E-state index contributed by atoms with van der Waals surface area (Å²) in [4.78, 5) is 4.12. The molecule has 0 amide bonds. The van der Waals surface area contributed by atoms with E-state index in [1.165, 1.54) is 31.2 Å². The van der Waals surface area contributed by atoms with Crippen LogP contribution < -0.4 is 0 Å². The third kappa shape index (κ3) is 3.49. The van der Waals surface area contributed by atoms with Gasteiger partial charge in [0.25, 0.3) is 0 Å². The first-order valence-electron chi connectivity index (χ1n) is 9.98. The summed E-state index contributed by atoms with van der Waals surface area (Å²) in [5.74, 6) is 4.18. The smallest absolute Gasteiger partial charge is 0.0270 e. The molecule has 0 saturated heterocycles.